The predicted molar refractivity (Wildman–Crippen MR) is 71.8 cm³/mol. The molecule has 0 aliphatic heterocycles. The van der Waals surface area contributed by atoms with Crippen molar-refractivity contribution in [3.8, 4) is 0 Å². The molecule has 1 heteroatoms. The lowest BCUT2D eigenvalue weighted by molar-refractivity contribution is 0.400. The van der Waals surface area contributed by atoms with E-state index < -0.39 is 0 Å². The molecule has 0 saturated heterocycles. The smallest absolute Gasteiger partial charge is 0.00607 e. The monoisotopic (exact) mass is 219 g/mol. The Kier molecular flexibility index (Phi) is 4.55. The zero-order valence-corrected chi connectivity index (χ0v) is 11.1. The largest absolute Gasteiger partial charge is 0.330 e. The van der Waals surface area contributed by atoms with Crippen LogP contribution in [0.4, 0.5) is 0 Å². The molecule has 1 rings (SSSR count). The van der Waals surface area contributed by atoms with Gasteiger partial charge >= 0.3 is 0 Å². The quantitative estimate of drug-likeness (QED) is 0.802. The molecule has 1 aromatic carbocycles. The second-order valence-corrected chi connectivity index (χ2v) is 5.17. The standard InChI is InChI=1S/C15H25N/c1-5-8-15(4,9-10-16)14-11-12(2)6-7-13(14)3/h6-7,11H,5,8-10,16H2,1-4H3. The molecule has 1 atom stereocenters. The summed E-state index contributed by atoms with van der Waals surface area (Å²) in [5, 5.41) is 0. The van der Waals surface area contributed by atoms with Gasteiger partial charge < -0.3 is 5.73 Å². The Morgan fingerprint density at radius 1 is 1.19 bits per heavy atom. The first-order valence-corrected chi connectivity index (χ1v) is 6.31. The van der Waals surface area contributed by atoms with Gasteiger partial charge in [-0.3, -0.25) is 0 Å². The van der Waals surface area contributed by atoms with Gasteiger partial charge in [-0.2, -0.15) is 0 Å². The SMILES string of the molecule is CCCC(C)(CCN)c1cc(C)ccc1C. The van der Waals surface area contributed by atoms with Crippen molar-refractivity contribution in [1.82, 2.24) is 0 Å². The van der Waals surface area contributed by atoms with Gasteiger partial charge in [0.25, 0.3) is 0 Å². The fourth-order valence-electron chi connectivity index (χ4n) is 2.65. The van der Waals surface area contributed by atoms with Crippen LogP contribution in [0.1, 0.15) is 49.8 Å². The fourth-order valence-corrected chi connectivity index (χ4v) is 2.65. The van der Waals surface area contributed by atoms with E-state index in [2.05, 4.69) is 45.9 Å². The van der Waals surface area contributed by atoms with E-state index in [0.717, 1.165) is 13.0 Å². The molecule has 1 unspecified atom stereocenters. The van der Waals surface area contributed by atoms with Crippen LogP contribution in [0.25, 0.3) is 0 Å². The molecule has 0 aromatic heterocycles. The van der Waals surface area contributed by atoms with Crippen molar-refractivity contribution in [2.24, 2.45) is 5.73 Å². The van der Waals surface area contributed by atoms with Crippen LogP contribution < -0.4 is 5.73 Å². The third kappa shape index (κ3) is 2.85. The molecule has 0 amide bonds. The number of hydrogen-bond acceptors (Lipinski definition) is 1. The van der Waals surface area contributed by atoms with Gasteiger partial charge in [0.05, 0.1) is 0 Å². The van der Waals surface area contributed by atoms with Gasteiger partial charge in [-0.15, -0.1) is 0 Å². The molecule has 1 nitrogen and oxygen atoms in total. The van der Waals surface area contributed by atoms with Crippen LogP contribution in [0.5, 0.6) is 0 Å². The first-order valence-electron chi connectivity index (χ1n) is 6.31. The Hall–Kier alpha value is -0.820. The predicted octanol–water partition coefficient (Wildman–Crippen LogP) is 3.71. The highest BCUT2D eigenvalue weighted by molar-refractivity contribution is 5.36. The minimum Gasteiger partial charge on any atom is -0.330 e. The van der Waals surface area contributed by atoms with Gasteiger partial charge in [0, 0.05) is 0 Å². The topological polar surface area (TPSA) is 26.0 Å². The summed E-state index contributed by atoms with van der Waals surface area (Å²) in [4.78, 5) is 0. The Balaban J connectivity index is 3.14. The molecule has 0 bridgehead atoms. The van der Waals surface area contributed by atoms with E-state index in [1.165, 1.54) is 29.5 Å². The van der Waals surface area contributed by atoms with E-state index in [4.69, 9.17) is 5.73 Å². The number of nitrogens with two attached hydrogens (primary N) is 1. The molecule has 0 fully saturated rings. The van der Waals surface area contributed by atoms with E-state index >= 15 is 0 Å². The third-order valence-corrected chi connectivity index (χ3v) is 3.54. The number of hydrogen-bond donors (Lipinski definition) is 1. The lowest BCUT2D eigenvalue weighted by Gasteiger charge is -2.31. The summed E-state index contributed by atoms with van der Waals surface area (Å²) in [5.74, 6) is 0. The van der Waals surface area contributed by atoms with Crippen LogP contribution in [-0.4, -0.2) is 6.54 Å². The number of aryl methyl sites for hydroxylation is 2. The second-order valence-electron chi connectivity index (χ2n) is 5.17. The molecule has 0 radical (unpaired) electrons. The highest BCUT2D eigenvalue weighted by Crippen LogP contribution is 2.34. The molecule has 1 aromatic rings. The summed E-state index contributed by atoms with van der Waals surface area (Å²) in [5.41, 5.74) is 10.3. The molecule has 90 valence electrons. The summed E-state index contributed by atoms with van der Waals surface area (Å²) in [6, 6.07) is 6.75. The molecule has 0 saturated carbocycles. The summed E-state index contributed by atoms with van der Waals surface area (Å²) in [7, 11) is 0. The van der Waals surface area contributed by atoms with Crippen molar-refractivity contribution in [2.45, 2.75) is 52.4 Å². The van der Waals surface area contributed by atoms with Crippen molar-refractivity contribution in [1.29, 1.82) is 0 Å². The molecule has 0 heterocycles. The van der Waals surface area contributed by atoms with Crippen LogP contribution in [0.2, 0.25) is 0 Å². The fraction of sp³-hybridized carbons (Fsp3) is 0.600. The molecular formula is C15H25N. The zero-order valence-electron chi connectivity index (χ0n) is 11.1. The molecule has 2 N–H and O–H groups in total. The average molecular weight is 219 g/mol. The zero-order chi connectivity index (χ0) is 12.2. The molecular weight excluding hydrogens is 194 g/mol. The van der Waals surface area contributed by atoms with E-state index in [1.807, 2.05) is 0 Å². The Bertz CT molecular complexity index is 335. The molecule has 0 aliphatic carbocycles. The molecule has 0 aliphatic rings. The van der Waals surface area contributed by atoms with Crippen LogP contribution >= 0.6 is 0 Å². The average Bonchev–Trinajstić information content (AvgIpc) is 2.22. The van der Waals surface area contributed by atoms with E-state index in [9.17, 15) is 0 Å². The first-order chi connectivity index (χ1) is 7.53. The van der Waals surface area contributed by atoms with Crippen LogP contribution in [0.15, 0.2) is 18.2 Å². The highest BCUT2D eigenvalue weighted by atomic mass is 14.5. The highest BCUT2D eigenvalue weighted by Gasteiger charge is 2.26. The van der Waals surface area contributed by atoms with Gasteiger partial charge in [0.1, 0.15) is 0 Å². The Labute approximate surface area is 100 Å². The Morgan fingerprint density at radius 2 is 1.88 bits per heavy atom. The number of benzene rings is 1. The summed E-state index contributed by atoms with van der Waals surface area (Å²) in [6.45, 7) is 9.74. The number of rotatable bonds is 5. The van der Waals surface area contributed by atoms with Gasteiger partial charge in [-0.05, 0) is 49.8 Å². The maximum atomic E-state index is 5.77. The summed E-state index contributed by atoms with van der Waals surface area (Å²) in [6.07, 6.45) is 3.50. The lowest BCUT2D eigenvalue weighted by Crippen LogP contribution is -2.26. The van der Waals surface area contributed by atoms with Crippen molar-refractivity contribution in [3.05, 3.63) is 34.9 Å². The van der Waals surface area contributed by atoms with E-state index in [0.29, 0.717) is 0 Å². The van der Waals surface area contributed by atoms with Gasteiger partial charge in [-0.1, -0.05) is 44.0 Å². The van der Waals surface area contributed by atoms with Crippen LogP contribution in [0.3, 0.4) is 0 Å². The van der Waals surface area contributed by atoms with E-state index in [1.54, 1.807) is 0 Å². The molecule has 0 spiro atoms. The normalized spacial score (nSPS) is 14.8. The third-order valence-electron chi connectivity index (χ3n) is 3.54. The van der Waals surface area contributed by atoms with Crippen LogP contribution in [-0.2, 0) is 5.41 Å². The van der Waals surface area contributed by atoms with E-state index in [-0.39, 0.29) is 5.41 Å². The maximum absolute atomic E-state index is 5.77. The minimum atomic E-state index is 0.250. The van der Waals surface area contributed by atoms with Crippen molar-refractivity contribution in [3.63, 3.8) is 0 Å². The summed E-state index contributed by atoms with van der Waals surface area (Å²) < 4.78 is 0. The first kappa shape index (κ1) is 13.2. The Morgan fingerprint density at radius 3 is 2.44 bits per heavy atom. The second kappa shape index (κ2) is 5.49. The molecule has 16 heavy (non-hydrogen) atoms. The van der Waals surface area contributed by atoms with Crippen LogP contribution in [0, 0.1) is 13.8 Å². The maximum Gasteiger partial charge on any atom is -0.00607 e. The van der Waals surface area contributed by atoms with Gasteiger partial charge in [0.15, 0.2) is 0 Å². The summed E-state index contributed by atoms with van der Waals surface area (Å²) >= 11 is 0. The van der Waals surface area contributed by atoms with Crippen molar-refractivity contribution in [2.75, 3.05) is 6.54 Å². The van der Waals surface area contributed by atoms with Crippen molar-refractivity contribution < 1.29 is 0 Å². The lowest BCUT2D eigenvalue weighted by atomic mass is 9.74. The minimum absolute atomic E-state index is 0.250. The van der Waals surface area contributed by atoms with Crippen molar-refractivity contribution >= 4 is 0 Å². The van der Waals surface area contributed by atoms with Gasteiger partial charge in [-0.25, -0.2) is 0 Å². The van der Waals surface area contributed by atoms with Gasteiger partial charge in [0.2, 0.25) is 0 Å².